The van der Waals surface area contributed by atoms with Gasteiger partial charge in [-0.15, -0.1) is 0 Å². The Balaban J connectivity index is 0.000000141. The fourth-order valence-corrected chi connectivity index (χ4v) is 17.4. The first-order valence-corrected chi connectivity index (χ1v) is 38.5. The van der Waals surface area contributed by atoms with Crippen molar-refractivity contribution in [2.24, 2.45) is 0 Å². The van der Waals surface area contributed by atoms with Crippen LogP contribution in [0.15, 0.2) is 437 Å². The predicted molar refractivity (Wildman–Crippen MR) is 474 cm³/mol. The summed E-state index contributed by atoms with van der Waals surface area (Å²) in [7, 11) is 0. The van der Waals surface area contributed by atoms with Gasteiger partial charge in [-0.2, -0.15) is 0 Å². The molecule has 0 unspecified atom stereocenters. The first-order valence-electron chi connectivity index (χ1n) is 38.5. The minimum atomic E-state index is 1.14. The average molecular weight is 1430 g/mol. The fraction of sp³-hybridized carbons (Fsp3) is 0. The van der Waals surface area contributed by atoms with Gasteiger partial charge in [0.25, 0.3) is 0 Å². The van der Waals surface area contributed by atoms with Gasteiger partial charge in [-0.25, -0.2) is 0 Å². The Morgan fingerprint density at radius 2 is 0.357 bits per heavy atom. The van der Waals surface area contributed by atoms with E-state index in [1.54, 1.807) is 0 Å². The molecule has 0 N–H and O–H groups in total. The van der Waals surface area contributed by atoms with Gasteiger partial charge >= 0.3 is 0 Å². The molecule has 112 heavy (non-hydrogen) atoms. The highest BCUT2D eigenvalue weighted by Crippen LogP contribution is 2.44. The molecule has 0 radical (unpaired) electrons. The second-order valence-corrected chi connectivity index (χ2v) is 29.1. The first-order chi connectivity index (χ1) is 55.5. The zero-order chi connectivity index (χ0) is 74.0. The highest BCUT2D eigenvalue weighted by atomic mass is 15.0. The molecule has 4 heteroatoms. The van der Waals surface area contributed by atoms with Gasteiger partial charge in [0.2, 0.25) is 0 Å². The van der Waals surface area contributed by atoms with E-state index in [-0.39, 0.29) is 0 Å². The van der Waals surface area contributed by atoms with Crippen LogP contribution in [-0.2, 0) is 0 Å². The summed E-state index contributed by atoms with van der Waals surface area (Å²) in [5.74, 6) is 0. The molecule has 0 aliphatic rings. The van der Waals surface area contributed by atoms with E-state index in [0.717, 1.165) is 22.7 Å². The van der Waals surface area contributed by atoms with Crippen LogP contribution >= 0.6 is 0 Å². The van der Waals surface area contributed by atoms with E-state index in [2.05, 4.69) is 455 Å². The van der Waals surface area contributed by atoms with Crippen LogP contribution in [0.5, 0.6) is 0 Å². The number of nitrogens with zero attached hydrogens (tertiary/aromatic N) is 4. The average Bonchev–Trinajstić information content (AvgIpc) is 1.59. The Kier molecular flexibility index (Phi) is 16.2. The summed E-state index contributed by atoms with van der Waals surface area (Å²) >= 11 is 0. The third kappa shape index (κ3) is 11.6. The molecule has 4 aromatic heterocycles. The van der Waals surface area contributed by atoms with E-state index in [0.29, 0.717) is 0 Å². The van der Waals surface area contributed by atoms with Crippen molar-refractivity contribution in [1.29, 1.82) is 0 Å². The standard InChI is InChI=1S/2C54H36N2/c1-4-15-37(16-5-1)40-21-14-22-45(32-40)55-52-26-13-11-24-48(52)50-35-41(28-30-53(50)55)42-27-29-49-47-23-10-12-25-51(47)56(54(49)36-42)46-33-43(38-17-6-2-7-18-38)31-44(34-46)39-19-8-3-9-20-39;1-3-15-37(16-4-1)39-19-13-21-43(33-39)55-52-28-12-10-26-48(52)50-35-40(30-32-53(50)55)41-29-31-49-47-25-9-11-27-51(47)56(54(49)36-41)44-22-14-20-42(34-44)46-24-8-7-23-45(46)38-17-5-2-6-18-38/h2*1-36H. The van der Waals surface area contributed by atoms with E-state index in [4.69, 9.17) is 0 Å². The fourth-order valence-electron chi connectivity index (χ4n) is 17.4. The molecule has 0 amide bonds. The number of benzene rings is 18. The van der Waals surface area contributed by atoms with Crippen LogP contribution < -0.4 is 0 Å². The van der Waals surface area contributed by atoms with E-state index in [1.807, 2.05) is 0 Å². The van der Waals surface area contributed by atoms with Crippen LogP contribution in [0.1, 0.15) is 0 Å². The third-order valence-electron chi connectivity index (χ3n) is 22.6. The minimum absolute atomic E-state index is 1.14. The zero-order valence-corrected chi connectivity index (χ0v) is 61.4. The summed E-state index contributed by atoms with van der Waals surface area (Å²) in [4.78, 5) is 0. The topological polar surface area (TPSA) is 19.7 Å². The van der Waals surface area contributed by atoms with Crippen molar-refractivity contribution in [3.05, 3.63) is 437 Å². The van der Waals surface area contributed by atoms with Crippen molar-refractivity contribution >= 4 is 87.2 Å². The summed E-state index contributed by atoms with van der Waals surface area (Å²) in [6.45, 7) is 0. The van der Waals surface area contributed by atoms with Gasteiger partial charge in [0.1, 0.15) is 0 Å². The summed E-state index contributed by atoms with van der Waals surface area (Å²) in [5, 5.41) is 9.97. The Hall–Kier alpha value is -14.8. The van der Waals surface area contributed by atoms with Crippen LogP contribution in [0.4, 0.5) is 0 Å². The van der Waals surface area contributed by atoms with Crippen LogP contribution in [0, 0.1) is 0 Å². The molecule has 22 aromatic rings. The number of rotatable bonds is 12. The van der Waals surface area contributed by atoms with Crippen molar-refractivity contribution in [2.45, 2.75) is 0 Å². The quantitative estimate of drug-likeness (QED) is 0.116. The molecule has 0 aliphatic heterocycles. The molecular weight excluding hydrogens is 1350 g/mol. The van der Waals surface area contributed by atoms with Crippen LogP contribution in [0.3, 0.4) is 0 Å². The number of hydrogen-bond donors (Lipinski definition) is 0. The lowest BCUT2D eigenvalue weighted by Gasteiger charge is -2.14. The van der Waals surface area contributed by atoms with Crippen LogP contribution in [0.25, 0.3) is 199 Å². The highest BCUT2D eigenvalue weighted by molar-refractivity contribution is 6.15. The maximum atomic E-state index is 2.46. The Bertz CT molecular complexity index is 7290. The predicted octanol–water partition coefficient (Wildman–Crippen LogP) is 29.1. The second kappa shape index (κ2) is 27.7. The number of aromatic nitrogens is 4. The molecule has 0 fully saturated rings. The SMILES string of the molecule is c1ccc(-c2cccc(-n3c4ccccc4c4cc(-c5ccc6c7ccccc7n(-c7cc(-c8ccccc8)cc(-c8ccccc8)c7)c6c5)ccc43)c2)cc1.c1ccc(-c2cccc(-n3c4ccccc4c4cc(-c5ccc6c7ccccc7n(-c7cccc(-c8ccccc8-c8ccccc8)c7)c6c5)ccc43)c2)cc1. The number of para-hydroxylation sites is 4. The molecule has 0 saturated carbocycles. The lowest BCUT2D eigenvalue weighted by molar-refractivity contribution is 1.18. The van der Waals surface area contributed by atoms with Crippen molar-refractivity contribution in [3.8, 4) is 112 Å². The lowest BCUT2D eigenvalue weighted by Crippen LogP contribution is -1.96. The van der Waals surface area contributed by atoms with Gasteiger partial charge in [-0.3, -0.25) is 0 Å². The molecule has 4 heterocycles. The monoisotopic (exact) mass is 1420 g/mol. The Labute approximate surface area is 649 Å². The molecule has 0 spiro atoms. The summed E-state index contributed by atoms with van der Waals surface area (Å²) in [5.41, 5.74) is 33.5. The molecule has 4 nitrogen and oxygen atoms in total. The van der Waals surface area contributed by atoms with Gasteiger partial charge < -0.3 is 18.3 Å². The third-order valence-corrected chi connectivity index (χ3v) is 22.6. The molecule has 524 valence electrons. The summed E-state index contributed by atoms with van der Waals surface area (Å²) < 4.78 is 9.71. The largest absolute Gasteiger partial charge is 0.309 e. The van der Waals surface area contributed by atoms with Crippen LogP contribution in [0.2, 0.25) is 0 Å². The van der Waals surface area contributed by atoms with Gasteiger partial charge in [-0.05, 0) is 204 Å². The Morgan fingerprint density at radius 1 is 0.107 bits per heavy atom. The van der Waals surface area contributed by atoms with Gasteiger partial charge in [0.05, 0.1) is 44.1 Å². The van der Waals surface area contributed by atoms with Gasteiger partial charge in [0.15, 0.2) is 0 Å². The highest BCUT2D eigenvalue weighted by Gasteiger charge is 2.22. The summed E-state index contributed by atoms with van der Waals surface area (Å²) in [6, 6.07) is 159. The molecule has 0 aliphatic carbocycles. The molecule has 0 saturated heterocycles. The van der Waals surface area contributed by atoms with Crippen molar-refractivity contribution in [2.75, 3.05) is 0 Å². The van der Waals surface area contributed by atoms with Crippen molar-refractivity contribution in [3.63, 3.8) is 0 Å². The van der Waals surface area contributed by atoms with Gasteiger partial charge in [0, 0.05) is 65.8 Å². The molecular formula is C108H72N4. The van der Waals surface area contributed by atoms with Crippen molar-refractivity contribution < 1.29 is 0 Å². The number of fused-ring (bicyclic) bond motifs is 12. The maximum Gasteiger partial charge on any atom is 0.0547 e. The van der Waals surface area contributed by atoms with E-state index in [1.165, 1.54) is 176 Å². The Morgan fingerprint density at radius 3 is 0.768 bits per heavy atom. The molecule has 18 aromatic carbocycles. The smallest absolute Gasteiger partial charge is 0.0547 e. The second-order valence-electron chi connectivity index (χ2n) is 29.1. The van der Waals surface area contributed by atoms with Crippen LogP contribution in [-0.4, -0.2) is 18.3 Å². The zero-order valence-electron chi connectivity index (χ0n) is 61.4. The van der Waals surface area contributed by atoms with Crippen molar-refractivity contribution in [1.82, 2.24) is 18.3 Å². The summed E-state index contributed by atoms with van der Waals surface area (Å²) in [6.07, 6.45) is 0. The maximum absolute atomic E-state index is 2.46. The molecule has 0 bridgehead atoms. The van der Waals surface area contributed by atoms with Gasteiger partial charge in [-0.1, -0.05) is 322 Å². The van der Waals surface area contributed by atoms with E-state index < -0.39 is 0 Å². The first kappa shape index (κ1) is 65.5. The lowest BCUT2D eigenvalue weighted by atomic mass is 9.94. The normalized spacial score (nSPS) is 11.6. The number of hydrogen-bond acceptors (Lipinski definition) is 0. The van der Waals surface area contributed by atoms with E-state index in [9.17, 15) is 0 Å². The minimum Gasteiger partial charge on any atom is -0.309 e. The van der Waals surface area contributed by atoms with E-state index >= 15 is 0 Å². The molecule has 22 rings (SSSR count). The molecule has 0 atom stereocenters.